The van der Waals surface area contributed by atoms with Gasteiger partial charge in [0, 0.05) is 5.41 Å². The first kappa shape index (κ1) is 21.3. The molecule has 9 nitrogen and oxygen atoms in total. The fourth-order valence-electron chi connectivity index (χ4n) is 2.10. The second-order valence-corrected chi connectivity index (χ2v) is 10.4. The highest BCUT2D eigenvalue weighted by Crippen LogP contribution is 2.40. The Morgan fingerprint density at radius 2 is 1.85 bits per heavy atom. The molecule has 0 radical (unpaired) electrons. The van der Waals surface area contributed by atoms with E-state index in [1.807, 2.05) is 0 Å². The second-order valence-electron chi connectivity index (χ2n) is 7.56. The third-order valence-electron chi connectivity index (χ3n) is 3.62. The van der Waals surface area contributed by atoms with Crippen molar-refractivity contribution >= 4 is 41.2 Å². The zero-order valence-corrected chi connectivity index (χ0v) is 17.3. The Labute approximate surface area is 160 Å². The first-order valence-corrected chi connectivity index (χ1v) is 10.4. The van der Waals surface area contributed by atoms with E-state index in [1.54, 1.807) is 20.8 Å². The largest absolute Gasteiger partial charge is 0.480 e. The van der Waals surface area contributed by atoms with Gasteiger partial charge >= 0.3 is 13.5 Å². The van der Waals surface area contributed by atoms with Crippen molar-refractivity contribution < 1.29 is 28.6 Å². The SMILES string of the molecule is CC(C)(C)C(=O)c1sc(N)nc1-c1ccc(P(=O)(O)NC(C)(C)C(=O)O)o1. The average Bonchev–Trinajstić information content (AvgIpc) is 3.10. The topological polar surface area (TPSA) is 156 Å². The van der Waals surface area contributed by atoms with Gasteiger partial charge in [0.1, 0.15) is 16.1 Å². The molecule has 0 fully saturated rings. The Balaban J connectivity index is 2.44. The van der Waals surface area contributed by atoms with Crippen LogP contribution in [-0.4, -0.2) is 32.3 Å². The molecule has 148 valence electrons. The highest BCUT2D eigenvalue weighted by atomic mass is 32.1. The fourth-order valence-corrected chi connectivity index (χ4v) is 4.55. The number of carboxylic acid groups (broad SMARTS) is 1. The number of hydrogen-bond donors (Lipinski definition) is 4. The van der Waals surface area contributed by atoms with E-state index in [0.29, 0.717) is 0 Å². The van der Waals surface area contributed by atoms with Crippen LogP contribution in [0.1, 0.15) is 44.3 Å². The second kappa shape index (κ2) is 6.87. The minimum atomic E-state index is -4.32. The number of hydrogen-bond acceptors (Lipinski definition) is 7. The zero-order chi connectivity index (χ0) is 20.8. The Morgan fingerprint density at radius 1 is 1.26 bits per heavy atom. The number of furan rings is 1. The number of thiazole rings is 1. The number of Topliss-reactive ketones (excluding diaryl/α,β-unsaturated/α-hetero) is 1. The molecule has 0 aliphatic rings. The molecule has 0 spiro atoms. The summed E-state index contributed by atoms with van der Waals surface area (Å²) in [5, 5.41) is 11.5. The molecule has 27 heavy (non-hydrogen) atoms. The van der Waals surface area contributed by atoms with Crippen molar-refractivity contribution in [3.8, 4) is 11.5 Å². The molecule has 2 aromatic heterocycles. The molecule has 0 saturated carbocycles. The van der Waals surface area contributed by atoms with E-state index < -0.39 is 24.4 Å². The van der Waals surface area contributed by atoms with Gasteiger partial charge in [-0.3, -0.25) is 14.2 Å². The van der Waals surface area contributed by atoms with Crippen LogP contribution in [0.15, 0.2) is 16.5 Å². The number of anilines is 1. The van der Waals surface area contributed by atoms with Crippen LogP contribution in [-0.2, 0) is 9.36 Å². The molecule has 11 heteroatoms. The number of nitrogens with one attached hydrogen (secondary N) is 1. The van der Waals surface area contributed by atoms with Crippen molar-refractivity contribution in [1.29, 1.82) is 0 Å². The number of ketones is 1. The van der Waals surface area contributed by atoms with Crippen LogP contribution in [0.25, 0.3) is 11.5 Å². The van der Waals surface area contributed by atoms with Crippen LogP contribution in [0.4, 0.5) is 5.13 Å². The predicted octanol–water partition coefficient (Wildman–Crippen LogP) is 2.48. The summed E-state index contributed by atoms with van der Waals surface area (Å²) in [6, 6.07) is 2.63. The molecular formula is C16H22N3O6PS. The van der Waals surface area contributed by atoms with Crippen LogP contribution in [0.3, 0.4) is 0 Å². The van der Waals surface area contributed by atoms with Crippen molar-refractivity contribution in [1.82, 2.24) is 10.1 Å². The monoisotopic (exact) mass is 415 g/mol. The zero-order valence-electron chi connectivity index (χ0n) is 15.6. The van der Waals surface area contributed by atoms with Crippen LogP contribution >= 0.6 is 18.9 Å². The molecule has 0 bridgehead atoms. The van der Waals surface area contributed by atoms with Crippen LogP contribution in [0, 0.1) is 5.41 Å². The van der Waals surface area contributed by atoms with Gasteiger partial charge < -0.3 is 20.2 Å². The van der Waals surface area contributed by atoms with E-state index in [9.17, 15) is 19.0 Å². The number of carbonyl (C=O) groups is 2. The van der Waals surface area contributed by atoms with Gasteiger partial charge in [-0.25, -0.2) is 10.1 Å². The average molecular weight is 415 g/mol. The van der Waals surface area contributed by atoms with Gasteiger partial charge in [0.15, 0.2) is 16.7 Å². The summed E-state index contributed by atoms with van der Waals surface area (Å²) in [6.07, 6.45) is 0. The first-order chi connectivity index (χ1) is 12.1. The van der Waals surface area contributed by atoms with Gasteiger partial charge in [-0.15, -0.1) is 0 Å². The van der Waals surface area contributed by atoms with Crippen molar-refractivity contribution in [2.75, 3.05) is 5.73 Å². The molecule has 2 aromatic rings. The van der Waals surface area contributed by atoms with Gasteiger partial charge in [-0.05, 0) is 26.0 Å². The van der Waals surface area contributed by atoms with Gasteiger partial charge in [0.05, 0.1) is 0 Å². The summed E-state index contributed by atoms with van der Waals surface area (Å²) >= 11 is 1.01. The maximum absolute atomic E-state index is 12.6. The van der Waals surface area contributed by atoms with E-state index >= 15 is 0 Å². The van der Waals surface area contributed by atoms with E-state index in [2.05, 4.69) is 10.1 Å². The van der Waals surface area contributed by atoms with Crippen LogP contribution in [0.2, 0.25) is 0 Å². The molecule has 0 amide bonds. The number of carboxylic acids is 1. The minimum Gasteiger partial charge on any atom is -0.480 e. The van der Waals surface area contributed by atoms with Gasteiger partial charge in [0.2, 0.25) is 5.50 Å². The third-order valence-corrected chi connectivity index (χ3v) is 6.20. The maximum atomic E-state index is 12.6. The summed E-state index contributed by atoms with van der Waals surface area (Å²) < 4.78 is 18.0. The van der Waals surface area contributed by atoms with Gasteiger partial charge in [-0.1, -0.05) is 32.1 Å². The minimum absolute atomic E-state index is 0.0924. The Kier molecular flexibility index (Phi) is 5.42. The summed E-state index contributed by atoms with van der Waals surface area (Å²) in [5.41, 5.74) is 3.23. The summed E-state index contributed by atoms with van der Waals surface area (Å²) in [5.74, 6) is -1.40. The van der Waals surface area contributed by atoms with Crippen molar-refractivity contribution in [2.24, 2.45) is 5.41 Å². The standard InChI is InChI=1S/C16H22N3O6PS/c1-15(2,3)12(20)11-10(18-14(17)27-11)8-6-7-9(25-8)26(23,24)19-16(4,5)13(21)22/h6-7H,1-5H3,(H2,17,18)(H,21,22)(H2,19,23,24). The molecule has 0 saturated heterocycles. The fraction of sp³-hybridized carbons (Fsp3) is 0.438. The molecule has 2 heterocycles. The molecular weight excluding hydrogens is 393 g/mol. The van der Waals surface area contributed by atoms with E-state index in [4.69, 9.17) is 15.3 Å². The number of rotatable bonds is 6. The number of nitrogens with two attached hydrogens (primary N) is 1. The number of aliphatic carboxylic acids is 1. The molecule has 2 rings (SSSR count). The normalized spacial score (nSPS) is 14.7. The predicted molar refractivity (Wildman–Crippen MR) is 102 cm³/mol. The van der Waals surface area contributed by atoms with Crippen molar-refractivity contribution in [2.45, 2.75) is 40.2 Å². The highest BCUT2D eigenvalue weighted by Gasteiger charge is 2.38. The Morgan fingerprint density at radius 3 is 2.37 bits per heavy atom. The smallest absolute Gasteiger partial charge is 0.332 e. The maximum Gasteiger partial charge on any atom is 0.332 e. The summed E-state index contributed by atoms with van der Waals surface area (Å²) in [4.78, 5) is 38.4. The lowest BCUT2D eigenvalue weighted by Gasteiger charge is -2.23. The lowest BCUT2D eigenvalue weighted by Crippen LogP contribution is -2.46. The van der Waals surface area contributed by atoms with Crippen molar-refractivity contribution in [3.05, 3.63) is 17.0 Å². The van der Waals surface area contributed by atoms with E-state index in [1.165, 1.54) is 26.0 Å². The molecule has 5 N–H and O–H groups in total. The van der Waals surface area contributed by atoms with Gasteiger partial charge in [-0.2, -0.15) is 0 Å². The van der Waals surface area contributed by atoms with Gasteiger partial charge in [0.25, 0.3) is 0 Å². The van der Waals surface area contributed by atoms with E-state index in [-0.39, 0.29) is 32.7 Å². The molecule has 0 aliphatic carbocycles. The van der Waals surface area contributed by atoms with Crippen LogP contribution < -0.4 is 16.3 Å². The molecule has 0 aromatic carbocycles. The number of nitrogens with zero attached hydrogens (tertiary/aromatic N) is 1. The number of aromatic nitrogens is 1. The summed E-state index contributed by atoms with van der Waals surface area (Å²) in [7, 11) is -4.32. The van der Waals surface area contributed by atoms with Crippen molar-refractivity contribution in [3.63, 3.8) is 0 Å². The summed E-state index contributed by atoms with van der Waals surface area (Å²) in [6.45, 7) is 7.76. The Hall–Kier alpha value is -2.00. The number of carbonyl (C=O) groups excluding carboxylic acids is 1. The first-order valence-electron chi connectivity index (χ1n) is 7.92. The third kappa shape index (κ3) is 4.47. The molecule has 1 atom stereocenters. The van der Waals surface area contributed by atoms with Crippen LogP contribution in [0.5, 0.6) is 0 Å². The highest BCUT2D eigenvalue weighted by molar-refractivity contribution is 7.63. The molecule has 1 unspecified atom stereocenters. The van der Waals surface area contributed by atoms with E-state index in [0.717, 1.165) is 11.3 Å². The quantitative estimate of drug-likeness (QED) is 0.411. The Bertz CT molecular complexity index is 940. The lowest BCUT2D eigenvalue weighted by molar-refractivity contribution is -0.142. The lowest BCUT2D eigenvalue weighted by atomic mass is 9.89. The number of nitrogen functional groups attached to an aromatic ring is 1. The molecule has 0 aliphatic heterocycles.